The Morgan fingerprint density at radius 2 is 1.59 bits per heavy atom. The molecule has 0 bridgehead atoms. The molecule has 0 aliphatic rings. The van der Waals surface area contributed by atoms with Gasteiger partial charge in [-0.25, -0.2) is 8.42 Å². The van der Waals surface area contributed by atoms with Crippen molar-refractivity contribution in [1.29, 1.82) is 0 Å². The maximum atomic E-state index is 12.9. The van der Waals surface area contributed by atoms with Gasteiger partial charge in [0.05, 0.1) is 5.52 Å². The van der Waals surface area contributed by atoms with Crippen molar-refractivity contribution < 1.29 is 13.2 Å². The molecule has 0 aliphatic carbocycles. The van der Waals surface area contributed by atoms with Gasteiger partial charge < -0.3 is 9.30 Å². The lowest BCUT2D eigenvalue weighted by molar-refractivity contribution is 0.454. The molecule has 5 aromatic rings. The number of fused-ring (bicyclic) bond motifs is 1. The predicted molar refractivity (Wildman–Crippen MR) is 120 cm³/mol. The van der Waals surface area contributed by atoms with Crippen molar-refractivity contribution in [2.75, 3.05) is 4.72 Å². The monoisotopic (exact) mass is 443 g/mol. The van der Waals surface area contributed by atoms with E-state index in [1.807, 2.05) is 41.2 Å². The molecule has 0 saturated heterocycles. The third kappa shape index (κ3) is 4.01. The minimum absolute atomic E-state index is 0.119. The van der Waals surface area contributed by atoms with Gasteiger partial charge in [-0.15, -0.1) is 10.2 Å². The van der Waals surface area contributed by atoms with Crippen LogP contribution < -0.4 is 9.46 Å². The van der Waals surface area contributed by atoms with Gasteiger partial charge in [-0.3, -0.25) is 9.71 Å². The molecule has 9 heteroatoms. The van der Waals surface area contributed by atoms with Crippen molar-refractivity contribution in [1.82, 2.24) is 19.7 Å². The average Bonchev–Trinajstić information content (AvgIpc) is 3.35. The maximum Gasteiger partial charge on any atom is 0.264 e. The van der Waals surface area contributed by atoms with Crippen LogP contribution >= 0.6 is 0 Å². The van der Waals surface area contributed by atoms with Gasteiger partial charge in [0.25, 0.3) is 10.0 Å². The van der Waals surface area contributed by atoms with E-state index in [0.29, 0.717) is 28.7 Å². The van der Waals surface area contributed by atoms with Crippen LogP contribution in [0.5, 0.6) is 11.6 Å². The topological polar surface area (TPSA) is 99.0 Å². The molecule has 5 rings (SSSR count). The number of aromatic nitrogens is 4. The van der Waals surface area contributed by atoms with Crippen LogP contribution in [0.4, 0.5) is 5.69 Å². The molecule has 0 saturated carbocycles. The highest BCUT2D eigenvalue weighted by molar-refractivity contribution is 7.93. The number of para-hydroxylation sites is 1. The Kier molecular flexibility index (Phi) is 5.00. The lowest BCUT2D eigenvalue weighted by Gasteiger charge is -2.11. The summed E-state index contributed by atoms with van der Waals surface area (Å²) in [5.41, 5.74) is 0.823. The molecular weight excluding hydrogens is 426 g/mol. The molecule has 158 valence electrons. The van der Waals surface area contributed by atoms with E-state index < -0.39 is 10.0 Å². The molecule has 0 spiro atoms. The first kappa shape index (κ1) is 19.7. The molecular formula is C23H17N5O3S. The molecule has 0 unspecified atom stereocenters. The molecule has 0 radical (unpaired) electrons. The first-order valence-corrected chi connectivity index (χ1v) is 11.2. The van der Waals surface area contributed by atoms with E-state index in [1.165, 1.54) is 6.07 Å². The Morgan fingerprint density at radius 3 is 2.34 bits per heavy atom. The number of sulfonamides is 1. The first-order chi connectivity index (χ1) is 15.6. The summed E-state index contributed by atoms with van der Waals surface area (Å²) < 4.78 is 36.0. The zero-order valence-electron chi connectivity index (χ0n) is 16.7. The molecule has 0 fully saturated rings. The average molecular weight is 443 g/mol. The summed E-state index contributed by atoms with van der Waals surface area (Å²) in [7, 11) is -3.82. The fraction of sp³-hybridized carbons (Fsp3) is 0. The Bertz CT molecular complexity index is 1460. The molecule has 1 N–H and O–H groups in total. The van der Waals surface area contributed by atoms with Crippen LogP contribution in [0.2, 0.25) is 0 Å². The van der Waals surface area contributed by atoms with E-state index in [4.69, 9.17) is 4.74 Å². The van der Waals surface area contributed by atoms with Crippen LogP contribution in [0.3, 0.4) is 0 Å². The zero-order valence-corrected chi connectivity index (χ0v) is 17.5. The molecule has 0 amide bonds. The number of benzene rings is 2. The third-order valence-corrected chi connectivity index (χ3v) is 6.12. The molecule has 0 aliphatic heterocycles. The number of pyridine rings is 1. The SMILES string of the molecule is O=S(=O)(Nc1ccc(Oc2ccc(-n3cccc3)nn2)cc1)c1cccc2cccnc12. The summed E-state index contributed by atoms with van der Waals surface area (Å²) in [6.07, 6.45) is 5.32. The number of nitrogens with zero attached hydrogens (tertiary/aromatic N) is 4. The summed E-state index contributed by atoms with van der Waals surface area (Å²) >= 11 is 0. The van der Waals surface area contributed by atoms with Crippen molar-refractivity contribution in [2.45, 2.75) is 4.90 Å². The van der Waals surface area contributed by atoms with Crippen molar-refractivity contribution in [3.8, 4) is 17.4 Å². The fourth-order valence-electron chi connectivity index (χ4n) is 3.21. The van der Waals surface area contributed by atoms with Crippen molar-refractivity contribution in [3.05, 3.63) is 97.5 Å². The van der Waals surface area contributed by atoms with Gasteiger partial charge in [-0.2, -0.15) is 0 Å². The highest BCUT2D eigenvalue weighted by Gasteiger charge is 2.18. The van der Waals surface area contributed by atoms with Gasteiger partial charge in [-0.05, 0) is 54.6 Å². The summed E-state index contributed by atoms with van der Waals surface area (Å²) in [6.45, 7) is 0. The van der Waals surface area contributed by atoms with E-state index in [9.17, 15) is 8.42 Å². The lowest BCUT2D eigenvalue weighted by atomic mass is 10.2. The van der Waals surface area contributed by atoms with E-state index in [1.54, 1.807) is 54.7 Å². The van der Waals surface area contributed by atoms with Gasteiger partial charge in [-0.1, -0.05) is 18.2 Å². The maximum absolute atomic E-state index is 12.9. The van der Waals surface area contributed by atoms with Gasteiger partial charge in [0.1, 0.15) is 10.6 Å². The highest BCUT2D eigenvalue weighted by atomic mass is 32.2. The van der Waals surface area contributed by atoms with Crippen molar-refractivity contribution >= 4 is 26.6 Å². The van der Waals surface area contributed by atoms with E-state index >= 15 is 0 Å². The Balaban J connectivity index is 1.31. The van der Waals surface area contributed by atoms with E-state index in [0.717, 1.165) is 5.39 Å². The summed E-state index contributed by atoms with van der Waals surface area (Å²) in [6, 6.07) is 22.5. The normalized spacial score (nSPS) is 11.4. The van der Waals surface area contributed by atoms with Crippen molar-refractivity contribution in [3.63, 3.8) is 0 Å². The minimum atomic E-state index is -3.82. The number of rotatable bonds is 6. The second kappa shape index (κ2) is 8.12. The number of ether oxygens (including phenoxy) is 1. The molecule has 32 heavy (non-hydrogen) atoms. The second-order valence-electron chi connectivity index (χ2n) is 6.88. The number of nitrogens with one attached hydrogen (secondary N) is 1. The predicted octanol–water partition coefficient (Wildman–Crippen LogP) is 4.41. The van der Waals surface area contributed by atoms with Gasteiger partial charge in [0.2, 0.25) is 5.88 Å². The van der Waals surface area contributed by atoms with Crippen LogP contribution in [0.25, 0.3) is 16.7 Å². The zero-order chi connectivity index (χ0) is 22.0. The van der Waals surface area contributed by atoms with E-state index in [2.05, 4.69) is 19.9 Å². The summed E-state index contributed by atoms with van der Waals surface area (Å²) in [4.78, 5) is 4.34. The van der Waals surface area contributed by atoms with Gasteiger partial charge in [0, 0.05) is 35.7 Å². The number of hydrogen-bond acceptors (Lipinski definition) is 6. The Labute approximate surface area is 184 Å². The highest BCUT2D eigenvalue weighted by Crippen LogP contribution is 2.25. The molecule has 3 heterocycles. The van der Waals surface area contributed by atoms with Gasteiger partial charge >= 0.3 is 0 Å². The largest absolute Gasteiger partial charge is 0.438 e. The van der Waals surface area contributed by atoms with Crippen LogP contribution in [-0.4, -0.2) is 28.2 Å². The Morgan fingerprint density at radius 1 is 0.812 bits per heavy atom. The molecule has 8 nitrogen and oxygen atoms in total. The van der Waals surface area contributed by atoms with Crippen LogP contribution in [0.1, 0.15) is 0 Å². The summed E-state index contributed by atoms with van der Waals surface area (Å²) in [5.74, 6) is 1.51. The Hall–Kier alpha value is -4.24. The quantitative estimate of drug-likeness (QED) is 0.417. The summed E-state index contributed by atoms with van der Waals surface area (Å²) in [5, 5.41) is 8.95. The number of hydrogen-bond donors (Lipinski definition) is 1. The van der Waals surface area contributed by atoms with E-state index in [-0.39, 0.29) is 4.90 Å². The van der Waals surface area contributed by atoms with Crippen LogP contribution in [-0.2, 0) is 10.0 Å². The first-order valence-electron chi connectivity index (χ1n) is 9.70. The van der Waals surface area contributed by atoms with Crippen LogP contribution in [0, 0.1) is 0 Å². The van der Waals surface area contributed by atoms with Gasteiger partial charge in [0.15, 0.2) is 5.82 Å². The fourth-order valence-corrected chi connectivity index (χ4v) is 4.45. The molecule has 3 aromatic heterocycles. The number of anilines is 1. The van der Waals surface area contributed by atoms with Crippen LogP contribution in [0.15, 0.2) is 102 Å². The third-order valence-electron chi connectivity index (χ3n) is 4.71. The smallest absolute Gasteiger partial charge is 0.264 e. The molecule has 2 aromatic carbocycles. The minimum Gasteiger partial charge on any atom is -0.438 e. The lowest BCUT2D eigenvalue weighted by Crippen LogP contribution is -2.13. The second-order valence-corrected chi connectivity index (χ2v) is 8.53. The molecule has 0 atom stereocenters. The standard InChI is InChI=1S/C23H17N5O3S/c29-32(30,20-7-3-5-17-6-4-14-24-23(17)20)27-18-8-10-19(11-9-18)31-22-13-12-21(25-26-22)28-15-1-2-16-28/h1-16,27H. The van der Waals surface area contributed by atoms with Crippen molar-refractivity contribution in [2.24, 2.45) is 0 Å².